The van der Waals surface area contributed by atoms with Crippen molar-refractivity contribution in [3.63, 3.8) is 0 Å². The van der Waals surface area contributed by atoms with Crippen molar-refractivity contribution < 1.29 is 38.4 Å². The Morgan fingerprint density at radius 3 is 2.28 bits per heavy atom. The number of carbonyl (C=O) groups excluding carboxylic acids is 3. The third kappa shape index (κ3) is 11.0. The molecule has 0 aliphatic heterocycles. The highest BCUT2D eigenvalue weighted by molar-refractivity contribution is 6.06. The Morgan fingerprint density at radius 1 is 1.00 bits per heavy atom. The second-order valence-corrected chi connectivity index (χ2v) is 9.89. The van der Waals surface area contributed by atoms with E-state index in [1.54, 1.807) is 25.1 Å². The van der Waals surface area contributed by atoms with Gasteiger partial charge in [0.1, 0.15) is 6.61 Å². The zero-order valence-electron chi connectivity index (χ0n) is 26.0. The van der Waals surface area contributed by atoms with Gasteiger partial charge in [0.05, 0.1) is 38.7 Å². The van der Waals surface area contributed by atoms with Crippen LogP contribution in [0.25, 0.3) is 6.08 Å². The summed E-state index contributed by atoms with van der Waals surface area (Å²) in [5.74, 6) is -1.20. The molecule has 0 aliphatic rings. The molecule has 2 N–H and O–H groups in total. The van der Waals surface area contributed by atoms with Crippen molar-refractivity contribution in [3.8, 4) is 17.2 Å². The number of nitrogens with one attached hydrogen (secondary N) is 1. The molecule has 0 heterocycles. The van der Waals surface area contributed by atoms with E-state index in [0.717, 1.165) is 12.8 Å². The van der Waals surface area contributed by atoms with E-state index in [9.17, 15) is 19.5 Å². The standard InChI is InChI=1S/C33H42N2O8/c1-8-43-33(39)26-14-13-25(34-30(36)15-12-24-18-28(40-6)32(38)29(19-24)41-7)20-27(26)35(5)31(37)21-42-17-16-23(4)11-9-10-22(2)3/h10,12-16,18-20,38H,8-9,11,17,21H2,1-7H3,(H,34,36). The molecule has 43 heavy (non-hydrogen) atoms. The molecule has 2 aromatic carbocycles. The van der Waals surface area contributed by atoms with E-state index in [1.165, 1.54) is 61.6 Å². The number of hydrogen-bond acceptors (Lipinski definition) is 8. The second kappa shape index (κ2) is 17.4. The first-order chi connectivity index (χ1) is 20.5. The fourth-order valence-corrected chi connectivity index (χ4v) is 3.90. The number of esters is 1. The molecule has 2 aromatic rings. The number of nitrogens with zero attached hydrogens (tertiary/aromatic N) is 1. The third-order valence-corrected chi connectivity index (χ3v) is 6.29. The number of benzene rings is 2. The maximum Gasteiger partial charge on any atom is 0.340 e. The molecule has 10 heteroatoms. The number of phenols is 1. The lowest BCUT2D eigenvalue weighted by Crippen LogP contribution is -2.31. The zero-order valence-corrected chi connectivity index (χ0v) is 26.0. The van der Waals surface area contributed by atoms with Gasteiger partial charge < -0.3 is 34.3 Å². The second-order valence-electron chi connectivity index (χ2n) is 9.89. The molecule has 0 fully saturated rings. The molecule has 232 valence electrons. The average Bonchev–Trinajstić information content (AvgIpc) is 2.98. The van der Waals surface area contributed by atoms with E-state index in [2.05, 4.69) is 25.2 Å². The Balaban J connectivity index is 2.16. The highest BCUT2D eigenvalue weighted by Crippen LogP contribution is 2.37. The van der Waals surface area contributed by atoms with Crippen LogP contribution in [0, 0.1) is 0 Å². The molecule has 0 radical (unpaired) electrons. The zero-order chi connectivity index (χ0) is 31.9. The summed E-state index contributed by atoms with van der Waals surface area (Å²) in [5.41, 5.74) is 3.79. The number of amides is 2. The predicted octanol–water partition coefficient (Wildman–Crippen LogP) is 5.91. The van der Waals surface area contributed by atoms with Gasteiger partial charge in [0.2, 0.25) is 11.7 Å². The Hall–Kier alpha value is -4.57. The normalized spacial score (nSPS) is 11.2. The Labute approximate surface area is 253 Å². The van der Waals surface area contributed by atoms with Crippen LogP contribution in [0.5, 0.6) is 17.2 Å². The first-order valence-corrected chi connectivity index (χ1v) is 13.9. The minimum atomic E-state index is -0.596. The fourth-order valence-electron chi connectivity index (χ4n) is 3.90. The van der Waals surface area contributed by atoms with Crippen LogP contribution in [-0.4, -0.2) is 64.0 Å². The number of carbonyl (C=O) groups is 3. The third-order valence-electron chi connectivity index (χ3n) is 6.29. The van der Waals surface area contributed by atoms with Crippen molar-refractivity contribution >= 4 is 35.2 Å². The van der Waals surface area contributed by atoms with E-state index >= 15 is 0 Å². The maximum atomic E-state index is 13.0. The number of aromatic hydroxyl groups is 1. The van der Waals surface area contributed by atoms with Crippen LogP contribution >= 0.6 is 0 Å². The monoisotopic (exact) mass is 594 g/mol. The van der Waals surface area contributed by atoms with Crippen molar-refractivity contribution in [2.24, 2.45) is 0 Å². The van der Waals surface area contributed by atoms with Crippen molar-refractivity contribution in [3.05, 3.63) is 70.8 Å². The lowest BCUT2D eigenvalue weighted by molar-refractivity contribution is -0.122. The minimum Gasteiger partial charge on any atom is -0.502 e. The molecular formula is C33H42N2O8. The Morgan fingerprint density at radius 2 is 1.67 bits per heavy atom. The van der Waals surface area contributed by atoms with Crippen LogP contribution < -0.4 is 19.7 Å². The summed E-state index contributed by atoms with van der Waals surface area (Å²) in [6, 6.07) is 7.67. The maximum absolute atomic E-state index is 13.0. The molecule has 0 aliphatic carbocycles. The van der Waals surface area contributed by atoms with E-state index < -0.39 is 11.9 Å². The SMILES string of the molecule is CCOC(=O)c1ccc(NC(=O)C=Cc2cc(OC)c(O)c(OC)c2)cc1N(C)C(=O)COCC=C(C)CCC=C(C)C. The van der Waals surface area contributed by atoms with Crippen molar-refractivity contribution in [1.82, 2.24) is 0 Å². The fraction of sp³-hybridized carbons (Fsp3) is 0.364. The van der Waals surface area contributed by atoms with Gasteiger partial charge in [-0.2, -0.15) is 0 Å². The van der Waals surface area contributed by atoms with Gasteiger partial charge in [0.15, 0.2) is 11.5 Å². The van der Waals surface area contributed by atoms with Gasteiger partial charge >= 0.3 is 5.97 Å². The largest absolute Gasteiger partial charge is 0.502 e. The highest BCUT2D eigenvalue weighted by atomic mass is 16.5. The van der Waals surface area contributed by atoms with Gasteiger partial charge in [-0.05, 0) is 82.5 Å². The van der Waals surface area contributed by atoms with Gasteiger partial charge in [-0.15, -0.1) is 0 Å². The number of rotatable bonds is 15. The summed E-state index contributed by atoms with van der Waals surface area (Å²) in [7, 11) is 4.35. The molecule has 0 bridgehead atoms. The van der Waals surface area contributed by atoms with Gasteiger partial charge in [-0.25, -0.2) is 4.79 Å². The van der Waals surface area contributed by atoms with Gasteiger partial charge in [0, 0.05) is 18.8 Å². The number of allylic oxidation sites excluding steroid dienone is 3. The predicted molar refractivity (Wildman–Crippen MR) is 168 cm³/mol. The highest BCUT2D eigenvalue weighted by Gasteiger charge is 2.21. The van der Waals surface area contributed by atoms with Crippen molar-refractivity contribution in [2.45, 2.75) is 40.5 Å². The van der Waals surface area contributed by atoms with Crippen molar-refractivity contribution in [2.75, 3.05) is 51.3 Å². The lowest BCUT2D eigenvalue weighted by atomic mass is 10.1. The molecule has 0 spiro atoms. The summed E-state index contributed by atoms with van der Waals surface area (Å²) in [6.07, 6.45) is 8.81. The first-order valence-electron chi connectivity index (χ1n) is 13.9. The van der Waals surface area contributed by atoms with Gasteiger partial charge in [0.25, 0.3) is 5.91 Å². The van der Waals surface area contributed by atoms with Gasteiger partial charge in [-0.3, -0.25) is 9.59 Å². The molecule has 2 amide bonds. The Bertz CT molecular complexity index is 1350. The van der Waals surface area contributed by atoms with Gasteiger partial charge in [-0.1, -0.05) is 23.3 Å². The number of ether oxygens (including phenoxy) is 4. The summed E-state index contributed by atoms with van der Waals surface area (Å²) < 4.78 is 21.0. The van der Waals surface area contributed by atoms with Crippen LogP contribution in [0.4, 0.5) is 11.4 Å². The minimum absolute atomic E-state index is 0.147. The van der Waals surface area contributed by atoms with Crippen molar-refractivity contribution in [1.29, 1.82) is 0 Å². The molecule has 0 saturated heterocycles. The quantitative estimate of drug-likeness (QED) is 0.113. The summed E-state index contributed by atoms with van der Waals surface area (Å²) >= 11 is 0. The molecule has 0 saturated carbocycles. The van der Waals surface area contributed by atoms with Crippen LogP contribution in [0.1, 0.15) is 56.5 Å². The summed E-state index contributed by atoms with van der Waals surface area (Å²) in [4.78, 5) is 39.6. The van der Waals surface area contributed by atoms with Crippen LogP contribution in [0.3, 0.4) is 0 Å². The average molecular weight is 595 g/mol. The van der Waals surface area contributed by atoms with E-state index in [-0.39, 0.29) is 54.2 Å². The number of phenolic OH excluding ortho intramolecular Hbond substituents is 1. The lowest BCUT2D eigenvalue weighted by Gasteiger charge is -2.21. The summed E-state index contributed by atoms with van der Waals surface area (Å²) in [6.45, 7) is 8.09. The molecule has 10 nitrogen and oxygen atoms in total. The molecule has 0 aromatic heterocycles. The topological polar surface area (TPSA) is 124 Å². The summed E-state index contributed by atoms with van der Waals surface area (Å²) in [5, 5.41) is 12.8. The molecular weight excluding hydrogens is 552 g/mol. The first kappa shape index (κ1) is 34.6. The number of anilines is 2. The number of methoxy groups -OCH3 is 2. The van der Waals surface area contributed by atoms with Crippen LogP contribution in [-0.2, 0) is 19.1 Å². The molecule has 2 rings (SSSR count). The Kier molecular flexibility index (Phi) is 14.0. The van der Waals surface area contributed by atoms with E-state index in [1.807, 2.05) is 13.0 Å². The van der Waals surface area contributed by atoms with Crippen LogP contribution in [0.15, 0.2) is 59.7 Å². The number of likely N-dealkylation sites (N-methyl/N-ethyl adjacent to an activating group) is 1. The molecule has 0 unspecified atom stereocenters. The van der Waals surface area contributed by atoms with E-state index in [4.69, 9.17) is 18.9 Å². The molecule has 0 atom stereocenters. The smallest absolute Gasteiger partial charge is 0.340 e. The van der Waals surface area contributed by atoms with Crippen LogP contribution in [0.2, 0.25) is 0 Å². The number of hydrogen-bond donors (Lipinski definition) is 2. The van der Waals surface area contributed by atoms with E-state index in [0.29, 0.717) is 11.3 Å².